The van der Waals surface area contributed by atoms with Gasteiger partial charge in [0, 0.05) is 19.3 Å². The molecule has 0 bridgehead atoms. The molecule has 0 aliphatic heterocycles. The topological polar surface area (TPSA) is 78.9 Å². The third-order valence-electron chi connectivity index (χ3n) is 13.1. The van der Waals surface area contributed by atoms with Crippen LogP contribution in [-0.2, 0) is 28.6 Å². The fourth-order valence-electron chi connectivity index (χ4n) is 8.18. The van der Waals surface area contributed by atoms with E-state index in [9.17, 15) is 14.4 Å². The van der Waals surface area contributed by atoms with Gasteiger partial charge in [-0.3, -0.25) is 14.4 Å². The number of carbonyl (C=O) groups is 3. The van der Waals surface area contributed by atoms with Crippen LogP contribution in [0.2, 0.25) is 0 Å². The summed E-state index contributed by atoms with van der Waals surface area (Å²) < 4.78 is 16.8. The molecular formula is C77H118O6. The Morgan fingerprint density at radius 2 is 0.470 bits per heavy atom. The second-order valence-electron chi connectivity index (χ2n) is 20.9. The van der Waals surface area contributed by atoms with Gasteiger partial charge < -0.3 is 14.2 Å². The highest BCUT2D eigenvalue weighted by Crippen LogP contribution is 2.13. The minimum Gasteiger partial charge on any atom is -0.462 e. The first-order valence-electron chi connectivity index (χ1n) is 32.9. The Morgan fingerprint density at radius 1 is 0.253 bits per heavy atom. The molecule has 0 N–H and O–H groups in total. The van der Waals surface area contributed by atoms with Crippen molar-refractivity contribution in [2.45, 2.75) is 258 Å². The van der Waals surface area contributed by atoms with Crippen molar-refractivity contribution in [1.29, 1.82) is 0 Å². The highest BCUT2D eigenvalue weighted by Gasteiger charge is 2.19. The van der Waals surface area contributed by atoms with Gasteiger partial charge in [-0.2, -0.15) is 0 Å². The van der Waals surface area contributed by atoms with Gasteiger partial charge >= 0.3 is 17.9 Å². The number of carbonyl (C=O) groups excluding carboxylic acids is 3. The molecule has 462 valence electrons. The minimum absolute atomic E-state index is 0.115. The first-order chi connectivity index (χ1) is 41.0. The third kappa shape index (κ3) is 66.9. The molecule has 0 rings (SSSR count). The normalized spacial score (nSPS) is 13.4. The first kappa shape index (κ1) is 77.2. The monoisotopic (exact) mass is 1140 g/mol. The largest absolute Gasteiger partial charge is 0.462 e. The van der Waals surface area contributed by atoms with E-state index >= 15 is 0 Å². The summed E-state index contributed by atoms with van der Waals surface area (Å²) in [4.78, 5) is 38.3. The van der Waals surface area contributed by atoms with Crippen molar-refractivity contribution in [3.63, 3.8) is 0 Å². The van der Waals surface area contributed by atoms with Crippen molar-refractivity contribution in [2.75, 3.05) is 13.2 Å². The van der Waals surface area contributed by atoms with Gasteiger partial charge in [0.2, 0.25) is 0 Å². The van der Waals surface area contributed by atoms with Crippen LogP contribution in [0.15, 0.2) is 194 Å². The summed E-state index contributed by atoms with van der Waals surface area (Å²) in [5.74, 6) is -0.998. The Morgan fingerprint density at radius 3 is 0.771 bits per heavy atom. The number of allylic oxidation sites excluding steroid dienone is 32. The maximum Gasteiger partial charge on any atom is 0.306 e. The molecule has 0 radical (unpaired) electrons. The average Bonchev–Trinajstić information content (AvgIpc) is 3.48. The van der Waals surface area contributed by atoms with Gasteiger partial charge in [0.1, 0.15) is 13.2 Å². The Hall–Kier alpha value is -5.75. The van der Waals surface area contributed by atoms with Crippen molar-refractivity contribution >= 4 is 17.9 Å². The molecule has 83 heavy (non-hydrogen) atoms. The Bertz CT molecular complexity index is 1990. The minimum atomic E-state index is -0.823. The predicted molar refractivity (Wildman–Crippen MR) is 361 cm³/mol. The van der Waals surface area contributed by atoms with E-state index in [0.29, 0.717) is 12.8 Å². The summed E-state index contributed by atoms with van der Waals surface area (Å²) in [7, 11) is 0. The highest BCUT2D eigenvalue weighted by molar-refractivity contribution is 5.71. The lowest BCUT2D eigenvalue weighted by Gasteiger charge is -2.18. The van der Waals surface area contributed by atoms with E-state index < -0.39 is 6.10 Å². The van der Waals surface area contributed by atoms with Crippen LogP contribution >= 0.6 is 0 Å². The fraction of sp³-hybridized carbons (Fsp3) is 0.545. The van der Waals surface area contributed by atoms with Crippen LogP contribution in [0.25, 0.3) is 0 Å². The fourth-order valence-corrected chi connectivity index (χ4v) is 8.18. The molecule has 0 spiro atoms. The summed E-state index contributed by atoms with van der Waals surface area (Å²) in [6.45, 7) is 6.30. The summed E-state index contributed by atoms with van der Waals surface area (Å²) in [6, 6.07) is 0. The molecule has 0 saturated heterocycles. The van der Waals surface area contributed by atoms with Crippen LogP contribution in [0.3, 0.4) is 0 Å². The zero-order valence-electron chi connectivity index (χ0n) is 52.9. The smallest absolute Gasteiger partial charge is 0.306 e. The molecule has 0 aromatic rings. The van der Waals surface area contributed by atoms with E-state index in [1.54, 1.807) is 0 Å². The average molecular weight is 1140 g/mol. The lowest BCUT2D eigenvalue weighted by atomic mass is 10.1. The van der Waals surface area contributed by atoms with Gasteiger partial charge in [0.15, 0.2) is 6.10 Å². The summed E-state index contributed by atoms with van der Waals surface area (Å²) in [6.07, 6.45) is 104. The number of ether oxygens (including phenoxy) is 3. The molecule has 0 fully saturated rings. The molecular weight excluding hydrogens is 1020 g/mol. The van der Waals surface area contributed by atoms with Gasteiger partial charge in [-0.15, -0.1) is 0 Å². The van der Waals surface area contributed by atoms with Crippen molar-refractivity contribution in [3.05, 3.63) is 194 Å². The van der Waals surface area contributed by atoms with E-state index in [2.05, 4.69) is 215 Å². The van der Waals surface area contributed by atoms with Crippen molar-refractivity contribution in [1.82, 2.24) is 0 Å². The summed E-state index contributed by atoms with van der Waals surface area (Å²) in [5, 5.41) is 0. The maximum atomic E-state index is 12.9. The SMILES string of the molecule is CC/C=C\C/C=C\C/C=C\C/C=C\C/C=C\C/C=C\C/C=C\C/C=C\CCCCC(=O)OCC(COC(=O)CCCCCCC/C=C\CCCC)OC(=O)CCCCCCC/C=C\C/C=C\C/C=C\C/C=C\C/C=C\C/C=C\C/C=C\CC. The Labute approximate surface area is 509 Å². The zero-order chi connectivity index (χ0) is 59.9. The van der Waals surface area contributed by atoms with E-state index in [4.69, 9.17) is 14.2 Å². The van der Waals surface area contributed by atoms with E-state index in [-0.39, 0.29) is 44.0 Å². The lowest BCUT2D eigenvalue weighted by molar-refractivity contribution is -0.167. The third-order valence-corrected chi connectivity index (χ3v) is 13.1. The molecule has 0 amide bonds. The lowest BCUT2D eigenvalue weighted by Crippen LogP contribution is -2.30. The van der Waals surface area contributed by atoms with Crippen LogP contribution in [0.5, 0.6) is 0 Å². The molecule has 0 heterocycles. The highest BCUT2D eigenvalue weighted by atomic mass is 16.6. The van der Waals surface area contributed by atoms with Gasteiger partial charge in [-0.1, -0.05) is 267 Å². The molecule has 1 atom stereocenters. The van der Waals surface area contributed by atoms with Crippen LogP contribution in [0.4, 0.5) is 0 Å². The quantitative estimate of drug-likeness (QED) is 0.0261. The van der Waals surface area contributed by atoms with Crippen LogP contribution in [0, 0.1) is 0 Å². The van der Waals surface area contributed by atoms with Crippen LogP contribution in [0.1, 0.15) is 252 Å². The molecule has 0 saturated carbocycles. The molecule has 0 aromatic heterocycles. The molecule has 0 aliphatic carbocycles. The standard InChI is InChI=1S/C77H118O6/c1-4-7-10-13-16-19-22-24-26-28-30-32-34-36-38-40-42-44-46-48-50-52-55-58-61-64-67-70-76(79)82-73-74(72-81-75(78)69-66-63-60-57-54-21-18-15-12-9-6-3)83-77(80)71-68-65-62-59-56-53-51-49-47-45-43-41-39-37-35-33-31-29-27-25-23-20-17-14-11-8-5-2/h7-8,10-11,15-20,24-27,30-33,36-39,42-45,48-51,55,58,74H,4-6,9,12-14,21-23,28-29,34-35,40-41,46-47,52-54,56-57,59-73H2,1-3H3/b10-7-,11-8-,18-15-,19-16-,20-17-,26-24-,27-25-,32-30-,33-31-,38-36-,39-37-,44-42-,45-43-,50-48-,51-49-,58-55-. The molecule has 0 aliphatic rings. The number of hydrogen-bond donors (Lipinski definition) is 0. The van der Waals surface area contributed by atoms with Crippen molar-refractivity contribution < 1.29 is 28.6 Å². The van der Waals surface area contributed by atoms with Crippen molar-refractivity contribution in [3.8, 4) is 0 Å². The second-order valence-corrected chi connectivity index (χ2v) is 20.9. The Balaban J connectivity index is 4.47. The molecule has 0 aromatic carbocycles. The summed E-state index contributed by atoms with van der Waals surface area (Å²) in [5.41, 5.74) is 0. The van der Waals surface area contributed by atoms with Gasteiger partial charge in [0.05, 0.1) is 0 Å². The van der Waals surface area contributed by atoms with E-state index in [1.807, 2.05) is 0 Å². The van der Waals surface area contributed by atoms with Crippen LogP contribution in [-0.4, -0.2) is 37.2 Å². The Kier molecular flexibility index (Phi) is 64.0. The molecule has 6 heteroatoms. The number of unbranched alkanes of at least 4 members (excludes halogenated alkanes) is 14. The van der Waals surface area contributed by atoms with Gasteiger partial charge in [-0.05, 0) is 161 Å². The van der Waals surface area contributed by atoms with Crippen LogP contribution < -0.4 is 0 Å². The van der Waals surface area contributed by atoms with Gasteiger partial charge in [0.25, 0.3) is 0 Å². The molecule has 6 nitrogen and oxygen atoms in total. The predicted octanol–water partition coefficient (Wildman–Crippen LogP) is 23.0. The van der Waals surface area contributed by atoms with E-state index in [1.165, 1.54) is 25.7 Å². The number of hydrogen-bond acceptors (Lipinski definition) is 6. The first-order valence-corrected chi connectivity index (χ1v) is 32.9. The maximum absolute atomic E-state index is 12.9. The summed E-state index contributed by atoms with van der Waals surface area (Å²) >= 11 is 0. The van der Waals surface area contributed by atoms with E-state index in [0.717, 1.165) is 180 Å². The number of rotatable bonds is 57. The number of esters is 3. The van der Waals surface area contributed by atoms with Crippen molar-refractivity contribution in [2.24, 2.45) is 0 Å². The molecule has 1 unspecified atom stereocenters. The second kappa shape index (κ2) is 68.7. The van der Waals surface area contributed by atoms with Gasteiger partial charge in [-0.25, -0.2) is 0 Å². The zero-order valence-corrected chi connectivity index (χ0v) is 52.9.